The van der Waals surface area contributed by atoms with Gasteiger partial charge in [0.2, 0.25) is 0 Å². The lowest BCUT2D eigenvalue weighted by Gasteiger charge is -2.35. The highest BCUT2D eigenvalue weighted by Crippen LogP contribution is 2.51. The predicted octanol–water partition coefficient (Wildman–Crippen LogP) is 3.15. The third-order valence-electron chi connectivity index (χ3n) is 5.95. The zero-order valence-electron chi connectivity index (χ0n) is 15.8. The number of nitrogens with zero attached hydrogens (tertiary/aromatic N) is 3. The van der Waals surface area contributed by atoms with Crippen molar-refractivity contribution in [3.05, 3.63) is 22.6 Å². The maximum atomic E-state index is 12.6. The zero-order chi connectivity index (χ0) is 19.2. The van der Waals surface area contributed by atoms with Crippen LogP contribution in [0, 0.1) is 10.8 Å². The number of hydrogen-bond acceptors (Lipinski definition) is 5. The summed E-state index contributed by atoms with van der Waals surface area (Å²) in [6.07, 6.45) is 0.829. The minimum atomic E-state index is -2.33. The fourth-order valence-corrected chi connectivity index (χ4v) is 4.29. The Balaban J connectivity index is 1.58. The molecule has 0 bridgehead atoms. The van der Waals surface area contributed by atoms with Crippen molar-refractivity contribution in [3.8, 4) is 5.75 Å². The molecule has 4 rings (SSSR count). The first kappa shape index (κ1) is 18.4. The average Bonchev–Trinajstić information content (AvgIpc) is 3.44. The van der Waals surface area contributed by atoms with Crippen LogP contribution in [0.5, 0.6) is 5.75 Å². The summed E-state index contributed by atoms with van der Waals surface area (Å²) < 4.78 is 31.5. The molecule has 1 atom stereocenters. The van der Waals surface area contributed by atoms with Crippen LogP contribution in [0.15, 0.2) is 12.1 Å². The van der Waals surface area contributed by atoms with Crippen LogP contribution in [-0.4, -0.2) is 61.7 Å². The Hall–Kier alpha value is -1.96. The number of piperazine rings is 1. The average molecular weight is 382 g/mol. The van der Waals surface area contributed by atoms with Gasteiger partial charge in [-0.3, -0.25) is 4.90 Å². The molecule has 1 aliphatic carbocycles. The molecule has 3 aliphatic rings. The second-order valence-electron chi connectivity index (χ2n) is 7.93. The second-order valence-corrected chi connectivity index (χ2v) is 7.93. The van der Waals surface area contributed by atoms with Crippen LogP contribution in [0.3, 0.4) is 0 Å². The molecule has 148 valence electrons. The topological polar surface area (TPSA) is 45.0 Å². The molecule has 1 aromatic rings. The molecule has 0 amide bonds. The number of fused-ring (bicyclic) bond motifs is 1. The second kappa shape index (κ2) is 6.89. The summed E-state index contributed by atoms with van der Waals surface area (Å²) >= 11 is 0. The van der Waals surface area contributed by atoms with Crippen LogP contribution in [0.1, 0.15) is 25.3 Å². The van der Waals surface area contributed by atoms with E-state index in [-0.39, 0.29) is 12.1 Å². The van der Waals surface area contributed by atoms with Gasteiger partial charge in [-0.2, -0.15) is 0 Å². The Labute approximate surface area is 157 Å². The van der Waals surface area contributed by atoms with Gasteiger partial charge in [-0.25, -0.2) is 13.6 Å². The van der Waals surface area contributed by atoms with Crippen LogP contribution in [-0.2, 0) is 11.3 Å². The first-order chi connectivity index (χ1) is 12.9. The number of rotatable bonds is 6. The van der Waals surface area contributed by atoms with E-state index < -0.39 is 6.43 Å². The molecule has 0 aromatic heterocycles. The maximum absolute atomic E-state index is 12.6. The molecule has 0 radical (unpaired) electrons. The number of anilines is 1. The van der Waals surface area contributed by atoms with E-state index in [0.29, 0.717) is 42.7 Å². The van der Waals surface area contributed by atoms with Gasteiger partial charge >= 0.3 is 5.69 Å². The Morgan fingerprint density at radius 2 is 2.00 bits per heavy atom. The van der Waals surface area contributed by atoms with Gasteiger partial charge in [0, 0.05) is 50.3 Å². The first-order valence-electron chi connectivity index (χ1n) is 9.52. The lowest BCUT2D eigenvalue weighted by molar-refractivity contribution is -0.736. The van der Waals surface area contributed by atoms with E-state index in [1.807, 2.05) is 12.1 Å². The first-order valence-corrected chi connectivity index (χ1v) is 9.52. The van der Waals surface area contributed by atoms with E-state index in [1.165, 1.54) is 20.0 Å². The molecule has 1 saturated heterocycles. The third kappa shape index (κ3) is 3.59. The van der Waals surface area contributed by atoms with E-state index in [2.05, 4.69) is 11.8 Å². The molecule has 27 heavy (non-hydrogen) atoms. The third-order valence-corrected chi connectivity index (χ3v) is 5.95. The van der Waals surface area contributed by atoms with E-state index >= 15 is 0 Å². The maximum Gasteiger partial charge on any atom is 0.340 e. The van der Waals surface area contributed by atoms with E-state index in [0.717, 1.165) is 23.4 Å². The number of halogens is 2. The van der Waals surface area contributed by atoms with Gasteiger partial charge in [-0.1, -0.05) is 0 Å². The Kier molecular flexibility index (Phi) is 4.70. The molecule has 1 aromatic carbocycles. The predicted molar refractivity (Wildman–Crippen MR) is 96.9 cm³/mol. The van der Waals surface area contributed by atoms with E-state index in [1.54, 1.807) is 4.90 Å². The SMILES string of the molecule is CO[N+](=O)c1cc2c(cc1N1CCN(CC(F)F)CC1)OC(C)(C1CC1)C2. The lowest BCUT2D eigenvalue weighted by Crippen LogP contribution is -2.48. The van der Waals surface area contributed by atoms with Gasteiger partial charge in [0.15, 0.2) is 7.11 Å². The van der Waals surface area contributed by atoms with Gasteiger partial charge in [-0.15, -0.1) is 0 Å². The van der Waals surface area contributed by atoms with Crippen molar-refractivity contribution < 1.29 is 23.3 Å². The normalized spacial score (nSPS) is 25.4. The van der Waals surface area contributed by atoms with Crippen LogP contribution >= 0.6 is 0 Å². The standard InChI is InChI=1S/C19H26F2N3O3/c1-19(14-3-4-14)11-13-9-16(24(25)26-2)15(10-17(13)27-19)23-7-5-22(6-8-23)12-18(20)21/h9-10,14,18H,3-8,11-12H2,1-2H3/q+1. The summed E-state index contributed by atoms with van der Waals surface area (Å²) in [7, 11) is 1.34. The minimum Gasteiger partial charge on any atom is -0.487 e. The molecule has 1 saturated carbocycles. The molecular weight excluding hydrogens is 356 g/mol. The Bertz CT molecular complexity index is 733. The fourth-order valence-electron chi connectivity index (χ4n) is 4.29. The smallest absolute Gasteiger partial charge is 0.340 e. The van der Waals surface area contributed by atoms with Crippen molar-refractivity contribution in [1.29, 1.82) is 0 Å². The molecule has 6 nitrogen and oxygen atoms in total. The summed E-state index contributed by atoms with van der Waals surface area (Å²) in [6.45, 7) is 4.16. The fraction of sp³-hybridized carbons (Fsp3) is 0.684. The zero-order valence-corrected chi connectivity index (χ0v) is 15.8. The van der Waals surface area contributed by atoms with Crippen LogP contribution < -0.4 is 9.64 Å². The number of hydrogen-bond donors (Lipinski definition) is 0. The molecule has 1 unspecified atom stereocenters. The van der Waals surface area contributed by atoms with Crippen LogP contribution in [0.25, 0.3) is 0 Å². The molecule has 0 spiro atoms. The van der Waals surface area contributed by atoms with Crippen molar-refractivity contribution >= 4 is 11.4 Å². The van der Waals surface area contributed by atoms with Gasteiger partial charge in [-0.05, 0) is 25.7 Å². The highest BCUT2D eigenvalue weighted by Gasteiger charge is 2.48. The molecule has 2 heterocycles. The van der Waals surface area contributed by atoms with Gasteiger partial charge in [0.25, 0.3) is 11.3 Å². The Morgan fingerprint density at radius 1 is 1.30 bits per heavy atom. The van der Waals surface area contributed by atoms with Crippen LogP contribution in [0.4, 0.5) is 20.2 Å². The molecular formula is C19H26F2N3O3+. The van der Waals surface area contributed by atoms with Crippen molar-refractivity contribution in [2.75, 3.05) is 44.7 Å². The summed E-state index contributed by atoms with van der Waals surface area (Å²) in [5.41, 5.74) is 2.01. The lowest BCUT2D eigenvalue weighted by atomic mass is 9.94. The summed E-state index contributed by atoms with van der Waals surface area (Å²) in [5.74, 6) is 1.39. The monoisotopic (exact) mass is 382 g/mol. The van der Waals surface area contributed by atoms with Crippen LogP contribution in [0.2, 0.25) is 0 Å². The van der Waals surface area contributed by atoms with Crippen molar-refractivity contribution in [3.63, 3.8) is 0 Å². The largest absolute Gasteiger partial charge is 0.487 e. The highest BCUT2D eigenvalue weighted by molar-refractivity contribution is 5.69. The number of ether oxygens (including phenoxy) is 1. The molecule has 0 N–H and O–H groups in total. The number of alkyl halides is 2. The van der Waals surface area contributed by atoms with Gasteiger partial charge in [0.1, 0.15) is 17.0 Å². The van der Waals surface area contributed by atoms with E-state index in [4.69, 9.17) is 9.57 Å². The minimum absolute atomic E-state index is 0.199. The van der Waals surface area contributed by atoms with Crippen molar-refractivity contribution in [2.24, 2.45) is 5.92 Å². The van der Waals surface area contributed by atoms with E-state index in [9.17, 15) is 13.7 Å². The van der Waals surface area contributed by atoms with Crippen molar-refractivity contribution in [2.45, 2.75) is 38.2 Å². The quantitative estimate of drug-likeness (QED) is 0.708. The summed E-state index contributed by atoms with van der Waals surface area (Å²) in [5, 5.41) is 0. The summed E-state index contributed by atoms with van der Waals surface area (Å²) in [4.78, 5) is 21.6. The molecule has 2 fully saturated rings. The van der Waals surface area contributed by atoms with Crippen molar-refractivity contribution in [1.82, 2.24) is 4.90 Å². The molecule has 8 heteroatoms. The van der Waals surface area contributed by atoms with Gasteiger partial charge in [0.05, 0.1) is 11.5 Å². The number of benzene rings is 1. The highest BCUT2D eigenvalue weighted by atomic mass is 19.3. The van der Waals surface area contributed by atoms with Gasteiger partial charge < -0.3 is 9.64 Å². The summed E-state index contributed by atoms with van der Waals surface area (Å²) in [6, 6.07) is 3.78. The Morgan fingerprint density at radius 3 is 2.59 bits per heavy atom. The molecule has 2 aliphatic heterocycles.